The number of primary amides is 1. The van der Waals surface area contributed by atoms with Crippen LogP contribution < -0.4 is 16.4 Å². The van der Waals surface area contributed by atoms with E-state index in [1.54, 1.807) is 32.5 Å². The van der Waals surface area contributed by atoms with E-state index in [0.29, 0.717) is 12.2 Å². The summed E-state index contributed by atoms with van der Waals surface area (Å²) in [5.74, 6) is -0.307. The van der Waals surface area contributed by atoms with Gasteiger partial charge < -0.3 is 21.1 Å². The van der Waals surface area contributed by atoms with Crippen molar-refractivity contribution in [2.24, 2.45) is 5.73 Å². The number of ether oxygens (including phenoxy) is 1. The van der Waals surface area contributed by atoms with Gasteiger partial charge in [-0.2, -0.15) is 11.8 Å². The van der Waals surface area contributed by atoms with Gasteiger partial charge in [-0.3, -0.25) is 4.79 Å². The molecule has 0 aliphatic carbocycles. The van der Waals surface area contributed by atoms with Crippen molar-refractivity contribution in [3.63, 3.8) is 0 Å². The third kappa shape index (κ3) is 9.17. The number of rotatable bonds is 7. The van der Waals surface area contributed by atoms with E-state index < -0.39 is 35.6 Å². The summed E-state index contributed by atoms with van der Waals surface area (Å²) in [6, 6.07) is -2.34. The Labute approximate surface area is 129 Å². The summed E-state index contributed by atoms with van der Waals surface area (Å²) in [4.78, 5) is 34.8. The first-order chi connectivity index (χ1) is 9.56. The number of carbonyl (C=O) groups is 3. The number of esters is 1. The average molecular weight is 319 g/mol. The van der Waals surface area contributed by atoms with Crippen LogP contribution in [0.2, 0.25) is 0 Å². The Balaban J connectivity index is 4.58. The monoisotopic (exact) mass is 319 g/mol. The molecule has 0 fully saturated rings. The fraction of sp³-hybridized carbons (Fsp3) is 0.769. The second-order valence-electron chi connectivity index (χ2n) is 5.61. The lowest BCUT2D eigenvalue weighted by Crippen LogP contribution is -2.52. The molecule has 122 valence electrons. The van der Waals surface area contributed by atoms with E-state index in [2.05, 4.69) is 10.6 Å². The number of nitrogens with two attached hydrogens (primary N) is 1. The molecular formula is C13H25N3O4S. The first-order valence-corrected chi connectivity index (χ1v) is 8.04. The number of thioether (sulfide) groups is 1. The second-order valence-corrected chi connectivity index (χ2v) is 6.59. The van der Waals surface area contributed by atoms with Crippen LogP contribution in [-0.4, -0.2) is 47.6 Å². The normalized spacial score (nSPS) is 14.0. The van der Waals surface area contributed by atoms with Gasteiger partial charge in [-0.05, 0) is 46.1 Å². The molecule has 7 nitrogen and oxygen atoms in total. The fourth-order valence-corrected chi connectivity index (χ4v) is 1.91. The van der Waals surface area contributed by atoms with Crippen LogP contribution in [0.3, 0.4) is 0 Å². The van der Waals surface area contributed by atoms with Crippen LogP contribution in [0.15, 0.2) is 0 Å². The van der Waals surface area contributed by atoms with Crippen molar-refractivity contribution in [3.8, 4) is 0 Å². The molecule has 2 atom stereocenters. The molecule has 0 aliphatic heterocycles. The maximum atomic E-state index is 12.1. The van der Waals surface area contributed by atoms with Gasteiger partial charge in [-0.15, -0.1) is 0 Å². The average Bonchev–Trinajstić information content (AvgIpc) is 2.31. The van der Waals surface area contributed by atoms with Crippen LogP contribution in [0.4, 0.5) is 4.79 Å². The van der Waals surface area contributed by atoms with Crippen LogP contribution in [0.1, 0.15) is 34.1 Å². The highest BCUT2D eigenvalue weighted by Crippen LogP contribution is 2.08. The quantitative estimate of drug-likeness (QED) is 0.596. The zero-order valence-corrected chi connectivity index (χ0v) is 14.0. The Hall–Kier alpha value is -1.44. The van der Waals surface area contributed by atoms with Crippen molar-refractivity contribution in [1.82, 2.24) is 10.6 Å². The molecule has 0 saturated carbocycles. The summed E-state index contributed by atoms with van der Waals surface area (Å²) in [6.07, 6.45) is 2.32. The van der Waals surface area contributed by atoms with Gasteiger partial charge in [-0.1, -0.05) is 0 Å². The third-order valence-electron chi connectivity index (χ3n) is 2.36. The molecule has 0 aromatic rings. The van der Waals surface area contributed by atoms with Crippen molar-refractivity contribution in [2.45, 2.75) is 51.8 Å². The topological polar surface area (TPSA) is 111 Å². The minimum Gasteiger partial charge on any atom is -0.458 e. The van der Waals surface area contributed by atoms with Crippen LogP contribution >= 0.6 is 11.8 Å². The minimum absolute atomic E-state index is 0.428. The molecule has 0 aromatic heterocycles. The second kappa shape index (κ2) is 8.76. The molecule has 0 spiro atoms. The maximum absolute atomic E-state index is 12.1. The molecule has 21 heavy (non-hydrogen) atoms. The number of nitrogens with one attached hydrogen (secondary N) is 2. The van der Waals surface area contributed by atoms with Crippen molar-refractivity contribution in [1.29, 1.82) is 0 Å². The van der Waals surface area contributed by atoms with E-state index in [1.165, 1.54) is 6.92 Å². The Morgan fingerprint density at radius 3 is 2.24 bits per heavy atom. The van der Waals surface area contributed by atoms with Gasteiger partial charge in [0.2, 0.25) is 5.91 Å². The highest BCUT2D eigenvalue weighted by atomic mass is 32.2. The van der Waals surface area contributed by atoms with Gasteiger partial charge in [0, 0.05) is 0 Å². The summed E-state index contributed by atoms with van der Waals surface area (Å²) >= 11 is 1.54. The van der Waals surface area contributed by atoms with Crippen molar-refractivity contribution in [3.05, 3.63) is 0 Å². The Morgan fingerprint density at radius 2 is 1.81 bits per heavy atom. The highest BCUT2D eigenvalue weighted by molar-refractivity contribution is 7.98. The molecule has 0 radical (unpaired) electrons. The maximum Gasteiger partial charge on any atom is 0.328 e. The molecule has 4 N–H and O–H groups in total. The SMILES string of the molecule is CSCCC(NC(N)=O)C(=O)N[C@H](C)C(=O)OC(C)(C)C. The lowest BCUT2D eigenvalue weighted by molar-refractivity contribution is -0.158. The summed E-state index contributed by atoms with van der Waals surface area (Å²) in [6.45, 7) is 6.77. The number of urea groups is 1. The summed E-state index contributed by atoms with van der Waals surface area (Å²) in [5.41, 5.74) is 4.42. The van der Waals surface area contributed by atoms with Crippen molar-refractivity contribution in [2.75, 3.05) is 12.0 Å². The molecule has 0 rings (SSSR count). The van der Waals surface area contributed by atoms with Crippen molar-refractivity contribution < 1.29 is 19.1 Å². The zero-order chi connectivity index (χ0) is 16.6. The molecule has 0 saturated heterocycles. The standard InChI is InChI=1S/C13H25N3O4S/c1-8(11(18)20-13(2,3)4)15-10(17)9(6-7-21-5)16-12(14)19/h8-9H,6-7H2,1-5H3,(H,15,17)(H3,14,16,19)/t8-,9?/m1/s1. The molecule has 0 heterocycles. The first kappa shape index (κ1) is 19.6. The largest absolute Gasteiger partial charge is 0.458 e. The highest BCUT2D eigenvalue weighted by Gasteiger charge is 2.26. The van der Waals surface area contributed by atoms with Gasteiger partial charge in [-0.25, -0.2) is 9.59 Å². The van der Waals surface area contributed by atoms with E-state index in [-0.39, 0.29) is 0 Å². The summed E-state index contributed by atoms with van der Waals surface area (Å²) < 4.78 is 5.17. The molecule has 0 aliphatic rings. The number of hydrogen-bond donors (Lipinski definition) is 3. The van der Waals surface area contributed by atoms with Gasteiger partial charge >= 0.3 is 12.0 Å². The van der Waals surface area contributed by atoms with Crippen LogP contribution in [0.25, 0.3) is 0 Å². The number of hydrogen-bond acceptors (Lipinski definition) is 5. The summed E-state index contributed by atoms with van der Waals surface area (Å²) in [7, 11) is 0. The first-order valence-electron chi connectivity index (χ1n) is 6.65. The Morgan fingerprint density at radius 1 is 1.24 bits per heavy atom. The van der Waals surface area contributed by atoms with Gasteiger partial charge in [0.05, 0.1) is 0 Å². The number of amides is 3. The molecule has 0 bridgehead atoms. The smallest absolute Gasteiger partial charge is 0.328 e. The lowest BCUT2D eigenvalue weighted by Gasteiger charge is -2.24. The lowest BCUT2D eigenvalue weighted by atomic mass is 10.1. The van der Waals surface area contributed by atoms with Gasteiger partial charge in [0.1, 0.15) is 17.7 Å². The number of carbonyl (C=O) groups excluding carboxylic acids is 3. The Bertz CT molecular complexity index is 382. The van der Waals surface area contributed by atoms with Crippen LogP contribution in [0, 0.1) is 0 Å². The summed E-state index contributed by atoms with van der Waals surface area (Å²) in [5, 5.41) is 4.89. The molecular weight excluding hydrogens is 294 g/mol. The van der Waals surface area contributed by atoms with E-state index in [0.717, 1.165) is 0 Å². The fourth-order valence-electron chi connectivity index (χ4n) is 1.44. The van der Waals surface area contributed by atoms with E-state index in [9.17, 15) is 14.4 Å². The zero-order valence-electron chi connectivity index (χ0n) is 13.2. The minimum atomic E-state index is -0.803. The molecule has 1 unspecified atom stereocenters. The predicted octanol–water partition coefficient (Wildman–Crippen LogP) is 0.623. The van der Waals surface area contributed by atoms with E-state index in [4.69, 9.17) is 10.5 Å². The van der Waals surface area contributed by atoms with Gasteiger partial charge in [0.15, 0.2) is 0 Å². The van der Waals surface area contributed by atoms with Crippen molar-refractivity contribution >= 4 is 29.7 Å². The molecule has 0 aromatic carbocycles. The predicted molar refractivity (Wildman–Crippen MR) is 83.0 cm³/mol. The van der Waals surface area contributed by atoms with E-state index in [1.807, 2.05) is 6.26 Å². The molecule has 8 heteroatoms. The van der Waals surface area contributed by atoms with Crippen LogP contribution in [0.5, 0.6) is 0 Å². The van der Waals surface area contributed by atoms with E-state index >= 15 is 0 Å². The molecule has 3 amide bonds. The van der Waals surface area contributed by atoms with Gasteiger partial charge in [0.25, 0.3) is 0 Å². The van der Waals surface area contributed by atoms with Crippen LogP contribution in [-0.2, 0) is 14.3 Å². The third-order valence-corrected chi connectivity index (χ3v) is 3.01. The Kier molecular flexibility index (Phi) is 8.16.